The summed E-state index contributed by atoms with van der Waals surface area (Å²) in [5.41, 5.74) is 1.41. The molecule has 142 valence electrons. The van der Waals surface area contributed by atoms with Crippen LogP contribution in [0.2, 0.25) is 0 Å². The number of likely N-dealkylation sites (tertiary alicyclic amines) is 1. The zero-order valence-electron chi connectivity index (χ0n) is 15.0. The molecule has 2 atom stereocenters. The molecular weight excluding hydrogens is 348 g/mol. The third-order valence-electron chi connectivity index (χ3n) is 4.61. The summed E-state index contributed by atoms with van der Waals surface area (Å²) in [6.45, 7) is 0.628. The first-order valence-corrected chi connectivity index (χ1v) is 8.67. The molecule has 0 saturated carbocycles. The van der Waals surface area contributed by atoms with Crippen LogP contribution in [0.4, 0.5) is 15.3 Å². The van der Waals surface area contributed by atoms with Gasteiger partial charge in [-0.05, 0) is 30.7 Å². The molecule has 3 amide bonds. The summed E-state index contributed by atoms with van der Waals surface area (Å²) in [5.74, 6) is 0.373. The summed E-state index contributed by atoms with van der Waals surface area (Å²) in [7, 11) is 1.56. The molecule has 2 aromatic rings. The highest BCUT2D eigenvalue weighted by Crippen LogP contribution is 2.27. The fraction of sp³-hybridized carbons (Fsp3) is 0.316. The average Bonchev–Trinajstić information content (AvgIpc) is 2.69. The maximum Gasteiger partial charge on any atom is 0.407 e. The van der Waals surface area contributed by atoms with E-state index in [1.807, 2.05) is 18.2 Å². The predicted molar refractivity (Wildman–Crippen MR) is 100 cm³/mol. The number of hydrogen-bond donors (Lipinski definition) is 3. The monoisotopic (exact) mass is 370 g/mol. The second-order valence-corrected chi connectivity index (χ2v) is 6.32. The van der Waals surface area contributed by atoms with Gasteiger partial charge in [0.2, 0.25) is 0 Å². The lowest BCUT2D eigenvalue weighted by Gasteiger charge is -2.37. The standard InChI is InChI=1S/C19H22N4O4/c1-27-14-7-8-16(20-11-14)15-12-23(19(25)26)10-9-17(15)22-18(24)21-13-5-3-2-4-6-13/h2-8,11,15,17H,9-10,12H2,1H3,(H,25,26)(H2,21,22,24). The van der Waals surface area contributed by atoms with E-state index in [-0.39, 0.29) is 24.5 Å². The SMILES string of the molecule is COc1ccc(C2CN(C(=O)O)CCC2NC(=O)Nc2ccccc2)nc1. The van der Waals surface area contributed by atoms with E-state index >= 15 is 0 Å². The molecule has 1 saturated heterocycles. The number of rotatable bonds is 4. The minimum atomic E-state index is -0.972. The Hall–Kier alpha value is -3.29. The van der Waals surface area contributed by atoms with E-state index in [0.717, 1.165) is 0 Å². The molecule has 1 aromatic heterocycles. The van der Waals surface area contributed by atoms with Crippen LogP contribution in [0.15, 0.2) is 48.7 Å². The van der Waals surface area contributed by atoms with Crippen LogP contribution in [0.1, 0.15) is 18.0 Å². The number of benzene rings is 1. The van der Waals surface area contributed by atoms with Gasteiger partial charge in [0.15, 0.2) is 0 Å². The van der Waals surface area contributed by atoms with Crippen molar-refractivity contribution in [2.24, 2.45) is 0 Å². The normalized spacial score (nSPS) is 19.2. The molecule has 2 heterocycles. The van der Waals surface area contributed by atoms with Crippen molar-refractivity contribution in [1.29, 1.82) is 0 Å². The molecular formula is C19H22N4O4. The van der Waals surface area contributed by atoms with Crippen molar-refractivity contribution in [2.75, 3.05) is 25.5 Å². The van der Waals surface area contributed by atoms with Gasteiger partial charge in [0, 0.05) is 36.4 Å². The van der Waals surface area contributed by atoms with Crippen molar-refractivity contribution >= 4 is 17.8 Å². The van der Waals surface area contributed by atoms with Crippen LogP contribution >= 0.6 is 0 Å². The highest BCUT2D eigenvalue weighted by atomic mass is 16.5. The number of nitrogens with zero attached hydrogens (tertiary/aromatic N) is 2. The van der Waals surface area contributed by atoms with Gasteiger partial charge in [-0.2, -0.15) is 0 Å². The summed E-state index contributed by atoms with van der Waals surface area (Å²) in [6.07, 6.45) is 1.13. The zero-order valence-corrected chi connectivity index (χ0v) is 15.0. The number of carbonyl (C=O) groups excluding carboxylic acids is 1. The van der Waals surface area contributed by atoms with Crippen LogP contribution in [0, 0.1) is 0 Å². The molecule has 8 heteroatoms. The number of pyridine rings is 1. The van der Waals surface area contributed by atoms with Crippen molar-refractivity contribution in [3.63, 3.8) is 0 Å². The molecule has 3 N–H and O–H groups in total. The predicted octanol–water partition coefficient (Wildman–Crippen LogP) is 2.75. The molecule has 0 spiro atoms. The number of ether oxygens (including phenoxy) is 1. The molecule has 0 radical (unpaired) electrons. The zero-order chi connectivity index (χ0) is 19.2. The first-order valence-electron chi connectivity index (χ1n) is 8.67. The van der Waals surface area contributed by atoms with E-state index in [2.05, 4.69) is 15.6 Å². The number of nitrogens with one attached hydrogen (secondary N) is 2. The molecule has 3 rings (SSSR count). The van der Waals surface area contributed by atoms with Crippen molar-refractivity contribution in [3.05, 3.63) is 54.4 Å². The van der Waals surface area contributed by atoms with Crippen LogP contribution in [-0.4, -0.2) is 53.4 Å². The van der Waals surface area contributed by atoms with Crippen molar-refractivity contribution in [2.45, 2.75) is 18.4 Å². The Morgan fingerprint density at radius 1 is 1.22 bits per heavy atom. The number of urea groups is 1. The Kier molecular flexibility index (Phi) is 5.75. The van der Waals surface area contributed by atoms with Gasteiger partial charge in [-0.15, -0.1) is 0 Å². The molecule has 2 unspecified atom stereocenters. The van der Waals surface area contributed by atoms with Crippen LogP contribution in [-0.2, 0) is 0 Å². The molecule has 1 aromatic carbocycles. The number of hydrogen-bond acceptors (Lipinski definition) is 4. The third kappa shape index (κ3) is 4.66. The number of para-hydroxylation sites is 1. The highest BCUT2D eigenvalue weighted by molar-refractivity contribution is 5.89. The Labute approximate surface area is 157 Å². The Morgan fingerprint density at radius 2 is 2.00 bits per heavy atom. The van der Waals surface area contributed by atoms with E-state index in [0.29, 0.717) is 30.1 Å². The van der Waals surface area contributed by atoms with Gasteiger partial charge in [-0.3, -0.25) is 4.98 Å². The van der Waals surface area contributed by atoms with Crippen molar-refractivity contribution in [1.82, 2.24) is 15.2 Å². The minimum Gasteiger partial charge on any atom is -0.495 e. The molecule has 27 heavy (non-hydrogen) atoms. The van der Waals surface area contributed by atoms with E-state index in [9.17, 15) is 14.7 Å². The van der Waals surface area contributed by atoms with Gasteiger partial charge < -0.3 is 25.4 Å². The summed E-state index contributed by atoms with van der Waals surface area (Å²) < 4.78 is 5.13. The van der Waals surface area contributed by atoms with Crippen LogP contribution in [0.3, 0.4) is 0 Å². The summed E-state index contributed by atoms with van der Waals surface area (Å²) in [4.78, 5) is 29.5. The molecule has 1 aliphatic rings. The average molecular weight is 370 g/mol. The fourth-order valence-corrected chi connectivity index (χ4v) is 3.19. The Morgan fingerprint density at radius 3 is 2.63 bits per heavy atom. The van der Waals surface area contributed by atoms with Crippen molar-refractivity contribution < 1.29 is 19.4 Å². The maximum atomic E-state index is 12.4. The third-order valence-corrected chi connectivity index (χ3v) is 4.61. The molecule has 1 fully saturated rings. The number of amides is 3. The number of piperidine rings is 1. The van der Waals surface area contributed by atoms with E-state index in [1.54, 1.807) is 37.6 Å². The number of carboxylic acid groups (broad SMARTS) is 1. The largest absolute Gasteiger partial charge is 0.495 e. The second-order valence-electron chi connectivity index (χ2n) is 6.32. The second kappa shape index (κ2) is 8.39. The van der Waals surface area contributed by atoms with E-state index < -0.39 is 6.09 Å². The number of carbonyl (C=O) groups is 2. The summed E-state index contributed by atoms with van der Waals surface area (Å²) in [6, 6.07) is 12.2. The van der Waals surface area contributed by atoms with Gasteiger partial charge in [-0.25, -0.2) is 9.59 Å². The lowest BCUT2D eigenvalue weighted by molar-refractivity contribution is 0.122. The number of anilines is 1. The number of aromatic nitrogens is 1. The van der Waals surface area contributed by atoms with Crippen molar-refractivity contribution in [3.8, 4) is 5.75 Å². The van der Waals surface area contributed by atoms with Gasteiger partial charge in [-0.1, -0.05) is 18.2 Å². The smallest absolute Gasteiger partial charge is 0.407 e. The first kappa shape index (κ1) is 18.5. The minimum absolute atomic E-state index is 0.231. The topological polar surface area (TPSA) is 104 Å². The Bertz CT molecular complexity index is 782. The van der Waals surface area contributed by atoms with Gasteiger partial charge in [0.25, 0.3) is 0 Å². The van der Waals surface area contributed by atoms with Crippen LogP contribution in [0.25, 0.3) is 0 Å². The van der Waals surface area contributed by atoms with E-state index in [4.69, 9.17) is 4.74 Å². The maximum absolute atomic E-state index is 12.4. The molecule has 1 aliphatic heterocycles. The number of methoxy groups -OCH3 is 1. The fourth-order valence-electron chi connectivity index (χ4n) is 3.19. The highest BCUT2D eigenvalue weighted by Gasteiger charge is 2.34. The van der Waals surface area contributed by atoms with Gasteiger partial charge >= 0.3 is 12.1 Å². The Balaban J connectivity index is 1.74. The quantitative estimate of drug-likeness (QED) is 0.768. The van der Waals surface area contributed by atoms with Gasteiger partial charge in [0.05, 0.1) is 13.3 Å². The molecule has 0 bridgehead atoms. The van der Waals surface area contributed by atoms with Gasteiger partial charge in [0.1, 0.15) is 5.75 Å². The first-order chi connectivity index (χ1) is 13.1. The van der Waals surface area contributed by atoms with E-state index in [1.165, 1.54) is 4.90 Å². The van der Waals surface area contributed by atoms with Crippen LogP contribution in [0.5, 0.6) is 5.75 Å². The molecule has 0 aliphatic carbocycles. The lowest BCUT2D eigenvalue weighted by atomic mass is 9.89. The molecule has 8 nitrogen and oxygen atoms in total. The lowest BCUT2D eigenvalue weighted by Crippen LogP contribution is -2.52. The summed E-state index contributed by atoms with van der Waals surface area (Å²) >= 11 is 0. The van der Waals surface area contributed by atoms with Crippen LogP contribution < -0.4 is 15.4 Å². The summed E-state index contributed by atoms with van der Waals surface area (Å²) in [5, 5.41) is 15.1.